The number of ketones is 1. The van der Waals surface area contributed by atoms with Crippen molar-refractivity contribution in [3.05, 3.63) is 82.9 Å². The van der Waals surface area contributed by atoms with Gasteiger partial charge in [0.1, 0.15) is 18.4 Å². The third-order valence-corrected chi connectivity index (χ3v) is 7.45. The molecule has 0 amide bonds. The molecule has 0 fully saturated rings. The average Bonchev–Trinajstić information content (AvgIpc) is 3.50. The largest absolute Gasteiger partial charge is 0.461 e. The van der Waals surface area contributed by atoms with Gasteiger partial charge in [0.25, 0.3) is 0 Å². The van der Waals surface area contributed by atoms with E-state index in [2.05, 4.69) is 9.71 Å². The minimum Gasteiger partial charge on any atom is -0.461 e. The van der Waals surface area contributed by atoms with E-state index in [0.29, 0.717) is 17.4 Å². The molecule has 3 aromatic rings. The van der Waals surface area contributed by atoms with Gasteiger partial charge in [-0.2, -0.15) is 4.72 Å². The number of benzene rings is 2. The summed E-state index contributed by atoms with van der Waals surface area (Å²) in [7, 11) is -4.05. The number of carbonyl (C=O) groups is 4. The third kappa shape index (κ3) is 5.13. The highest BCUT2D eigenvalue weighted by molar-refractivity contribution is 7.89. The van der Waals surface area contributed by atoms with Crippen LogP contribution in [0, 0.1) is 0 Å². The van der Waals surface area contributed by atoms with Gasteiger partial charge in [0.2, 0.25) is 15.8 Å². The maximum atomic E-state index is 13.5. The Hall–Kier alpha value is -4.16. The highest BCUT2D eigenvalue weighted by atomic mass is 32.2. The maximum absolute atomic E-state index is 13.5. The number of ether oxygens (including phenoxy) is 2. The quantitative estimate of drug-likeness (QED) is 0.303. The normalized spacial score (nSPS) is 15.5. The van der Waals surface area contributed by atoms with Gasteiger partial charge in [-0.05, 0) is 37.1 Å². The van der Waals surface area contributed by atoms with E-state index >= 15 is 0 Å². The minimum atomic E-state index is -4.05. The Labute approximate surface area is 218 Å². The van der Waals surface area contributed by atoms with E-state index in [1.165, 1.54) is 22.9 Å². The molecule has 1 aliphatic rings. The second kappa shape index (κ2) is 11.1. The first kappa shape index (κ1) is 26.9. The van der Waals surface area contributed by atoms with Crippen molar-refractivity contribution in [1.82, 2.24) is 14.3 Å². The van der Waals surface area contributed by atoms with Crippen LogP contribution in [0.25, 0.3) is 0 Å². The lowest BCUT2D eigenvalue weighted by molar-refractivity contribution is -0.109. The third-order valence-electron chi connectivity index (χ3n) is 6.00. The van der Waals surface area contributed by atoms with E-state index in [-0.39, 0.29) is 41.6 Å². The standard InChI is InChI=1S/C26H25N3O8S/c1-3-36-25(32)20-14-29(24(27-20)26(33)37-4-2)22-13-19-17(11-8-12-18(19)23(22)31)21(15-30)28-38(34,35)16-9-6-5-7-10-16/h5-12,14-15,21-22,28H,3-4,13H2,1-2H3. The number of fused-ring (bicyclic) bond motifs is 1. The number of aromatic nitrogens is 2. The van der Waals surface area contributed by atoms with Gasteiger partial charge in [-0.25, -0.2) is 23.0 Å². The van der Waals surface area contributed by atoms with Crippen LogP contribution < -0.4 is 4.72 Å². The van der Waals surface area contributed by atoms with Crippen LogP contribution in [0.4, 0.5) is 0 Å². The Morgan fingerprint density at radius 2 is 1.76 bits per heavy atom. The fourth-order valence-electron chi connectivity index (χ4n) is 4.33. The molecule has 0 spiro atoms. The molecule has 1 heterocycles. The lowest BCUT2D eigenvalue weighted by Crippen LogP contribution is -2.30. The summed E-state index contributed by atoms with van der Waals surface area (Å²) >= 11 is 0. The number of Topliss-reactive ketones (excluding diaryl/α,β-unsaturated/α-hetero) is 1. The van der Waals surface area contributed by atoms with Crippen molar-refractivity contribution >= 4 is 34.0 Å². The van der Waals surface area contributed by atoms with Crippen LogP contribution in [0.1, 0.15) is 68.5 Å². The number of carbonyl (C=O) groups excluding carboxylic acids is 4. The SMILES string of the molecule is CCOC(=O)c1cn(C2Cc3c(cccc3C(C=O)NS(=O)(=O)c3ccccc3)C2=O)c(C(=O)OCC)n1. The van der Waals surface area contributed by atoms with E-state index in [4.69, 9.17) is 9.47 Å². The van der Waals surface area contributed by atoms with Crippen LogP contribution in [0.3, 0.4) is 0 Å². The van der Waals surface area contributed by atoms with Crippen LogP contribution in [0.2, 0.25) is 0 Å². The Balaban J connectivity index is 1.72. The van der Waals surface area contributed by atoms with Crippen LogP contribution in [-0.4, -0.2) is 55.2 Å². The Bertz CT molecular complexity index is 1500. The first-order chi connectivity index (χ1) is 18.2. The summed E-state index contributed by atoms with van der Waals surface area (Å²) in [6.45, 7) is 3.36. The number of imidazole rings is 1. The molecule has 0 saturated heterocycles. The van der Waals surface area contributed by atoms with E-state index in [9.17, 15) is 27.6 Å². The Morgan fingerprint density at radius 1 is 1.08 bits per heavy atom. The number of aldehydes is 1. The molecule has 0 saturated carbocycles. The van der Waals surface area contributed by atoms with Gasteiger partial charge in [0.05, 0.1) is 18.1 Å². The highest BCUT2D eigenvalue weighted by Gasteiger charge is 2.38. The van der Waals surface area contributed by atoms with Crippen LogP contribution >= 0.6 is 0 Å². The van der Waals surface area contributed by atoms with Crippen LogP contribution in [0.15, 0.2) is 59.6 Å². The molecule has 2 atom stereocenters. The molecule has 1 aromatic heterocycles. The van der Waals surface area contributed by atoms with E-state index < -0.39 is 39.8 Å². The van der Waals surface area contributed by atoms with Crippen molar-refractivity contribution in [2.75, 3.05) is 13.2 Å². The topological polar surface area (TPSA) is 151 Å². The van der Waals surface area contributed by atoms with Crippen molar-refractivity contribution in [3.8, 4) is 0 Å². The number of nitrogens with zero attached hydrogens (tertiary/aromatic N) is 2. The molecule has 1 N–H and O–H groups in total. The number of esters is 2. The Morgan fingerprint density at radius 3 is 2.42 bits per heavy atom. The van der Waals surface area contributed by atoms with Crippen molar-refractivity contribution in [1.29, 1.82) is 0 Å². The first-order valence-electron chi connectivity index (χ1n) is 11.8. The smallest absolute Gasteiger partial charge is 0.374 e. The summed E-state index contributed by atoms with van der Waals surface area (Å²) in [4.78, 5) is 54.5. The molecule has 4 rings (SSSR count). The molecule has 0 aliphatic heterocycles. The summed E-state index contributed by atoms with van der Waals surface area (Å²) in [6, 6.07) is 9.99. The number of rotatable bonds is 10. The molecule has 2 aromatic carbocycles. The van der Waals surface area contributed by atoms with Gasteiger partial charge in [-0.15, -0.1) is 0 Å². The fourth-order valence-corrected chi connectivity index (χ4v) is 5.49. The number of nitrogens with one attached hydrogen (secondary N) is 1. The van der Waals surface area contributed by atoms with E-state index in [1.807, 2.05) is 0 Å². The van der Waals surface area contributed by atoms with Gasteiger partial charge < -0.3 is 18.8 Å². The number of sulfonamides is 1. The lowest BCUT2D eigenvalue weighted by atomic mass is 9.98. The van der Waals surface area contributed by atoms with Crippen LogP contribution in [0.5, 0.6) is 0 Å². The van der Waals surface area contributed by atoms with Gasteiger partial charge in [0.15, 0.2) is 11.5 Å². The molecular weight excluding hydrogens is 514 g/mol. The Kier molecular flexibility index (Phi) is 7.83. The van der Waals surface area contributed by atoms with Crippen molar-refractivity contribution in [3.63, 3.8) is 0 Å². The molecule has 11 nitrogen and oxygen atoms in total. The van der Waals surface area contributed by atoms with E-state index in [0.717, 1.165) is 0 Å². The second-order valence-electron chi connectivity index (χ2n) is 8.30. The zero-order chi connectivity index (χ0) is 27.4. The number of hydrogen-bond acceptors (Lipinski definition) is 9. The molecule has 1 aliphatic carbocycles. The predicted octanol–water partition coefficient (Wildman–Crippen LogP) is 2.44. The summed E-state index contributed by atoms with van der Waals surface area (Å²) in [6.07, 6.45) is 1.73. The molecule has 198 valence electrons. The zero-order valence-electron chi connectivity index (χ0n) is 20.6. The predicted molar refractivity (Wildman–Crippen MR) is 133 cm³/mol. The lowest BCUT2D eigenvalue weighted by Gasteiger charge is -2.17. The van der Waals surface area contributed by atoms with Crippen molar-refractivity contribution in [2.24, 2.45) is 0 Å². The fraction of sp³-hybridized carbons (Fsp3) is 0.269. The van der Waals surface area contributed by atoms with Gasteiger partial charge in [0, 0.05) is 18.2 Å². The van der Waals surface area contributed by atoms with E-state index in [1.54, 1.807) is 50.2 Å². The van der Waals surface area contributed by atoms with Gasteiger partial charge in [-0.3, -0.25) is 4.79 Å². The molecular formula is C26H25N3O8S. The minimum absolute atomic E-state index is 0.0163. The molecule has 0 radical (unpaired) electrons. The number of hydrogen-bond donors (Lipinski definition) is 1. The van der Waals surface area contributed by atoms with Gasteiger partial charge >= 0.3 is 11.9 Å². The molecule has 0 bridgehead atoms. The molecule has 38 heavy (non-hydrogen) atoms. The van der Waals surface area contributed by atoms with Crippen molar-refractivity contribution < 1.29 is 37.1 Å². The monoisotopic (exact) mass is 539 g/mol. The summed E-state index contributed by atoms with van der Waals surface area (Å²) < 4.78 is 39.5. The average molecular weight is 540 g/mol. The maximum Gasteiger partial charge on any atom is 0.374 e. The van der Waals surface area contributed by atoms with Crippen LogP contribution in [-0.2, 0) is 30.7 Å². The highest BCUT2D eigenvalue weighted by Crippen LogP contribution is 2.36. The molecule has 2 unspecified atom stereocenters. The zero-order valence-corrected chi connectivity index (χ0v) is 21.4. The second-order valence-corrected chi connectivity index (χ2v) is 10.0. The van der Waals surface area contributed by atoms with Gasteiger partial charge in [-0.1, -0.05) is 36.4 Å². The summed E-state index contributed by atoms with van der Waals surface area (Å²) in [5.41, 5.74) is 0.840. The first-order valence-corrected chi connectivity index (χ1v) is 13.3. The summed E-state index contributed by atoms with van der Waals surface area (Å²) in [5, 5.41) is 0. The molecule has 12 heteroatoms. The van der Waals surface area contributed by atoms with Crippen molar-refractivity contribution in [2.45, 2.75) is 37.2 Å². The summed E-state index contributed by atoms with van der Waals surface area (Å²) in [5.74, 6) is -2.24.